The Balaban J connectivity index is 2.07. The van der Waals surface area contributed by atoms with E-state index in [2.05, 4.69) is 5.32 Å². The number of ether oxygens (including phenoxy) is 2. The van der Waals surface area contributed by atoms with E-state index in [0.717, 1.165) is 37.8 Å². The molecule has 0 aromatic heterocycles. The van der Waals surface area contributed by atoms with Crippen molar-refractivity contribution in [2.24, 2.45) is 0 Å². The van der Waals surface area contributed by atoms with Crippen LogP contribution in [0.1, 0.15) is 34.7 Å². The Morgan fingerprint density at radius 3 is 2.94 bits per heavy atom. The summed E-state index contributed by atoms with van der Waals surface area (Å²) in [6.45, 7) is 2.12. The van der Waals surface area contributed by atoms with Gasteiger partial charge in [0.05, 0.1) is 10.6 Å². The number of nitrogens with one attached hydrogen (secondary N) is 1. The molecule has 1 fully saturated rings. The SMILES string of the molecule is O=Cc1c(Cl)cc(C2CCCNC2)c2c1OCO2. The average Bonchev–Trinajstić information content (AvgIpc) is 2.88. The van der Waals surface area contributed by atoms with Crippen molar-refractivity contribution >= 4 is 17.9 Å². The van der Waals surface area contributed by atoms with Gasteiger partial charge in [0, 0.05) is 18.0 Å². The van der Waals surface area contributed by atoms with Crippen molar-refractivity contribution in [1.29, 1.82) is 0 Å². The normalized spacial score (nSPS) is 21.9. The molecule has 2 aliphatic rings. The quantitative estimate of drug-likeness (QED) is 0.836. The second kappa shape index (κ2) is 4.78. The molecule has 2 heterocycles. The lowest BCUT2D eigenvalue weighted by atomic mass is 9.90. The molecular formula is C13H14ClNO3. The fourth-order valence-corrected chi connectivity index (χ4v) is 2.86. The van der Waals surface area contributed by atoms with Crippen LogP contribution in [0.3, 0.4) is 0 Å². The number of halogens is 1. The molecule has 3 rings (SSSR count). The molecule has 4 nitrogen and oxygen atoms in total. The zero-order valence-corrected chi connectivity index (χ0v) is 10.6. The Morgan fingerprint density at radius 1 is 1.39 bits per heavy atom. The maximum Gasteiger partial charge on any atom is 0.231 e. The fourth-order valence-electron chi connectivity index (χ4n) is 2.61. The number of rotatable bonds is 2. The van der Waals surface area contributed by atoms with Crippen molar-refractivity contribution in [2.45, 2.75) is 18.8 Å². The smallest absolute Gasteiger partial charge is 0.231 e. The molecule has 1 atom stereocenters. The number of carbonyl (C=O) groups is 1. The highest BCUT2D eigenvalue weighted by Gasteiger charge is 2.29. The van der Waals surface area contributed by atoms with E-state index in [1.165, 1.54) is 0 Å². The van der Waals surface area contributed by atoms with Gasteiger partial charge in [-0.25, -0.2) is 0 Å². The fraction of sp³-hybridized carbons (Fsp3) is 0.462. The van der Waals surface area contributed by atoms with Gasteiger partial charge >= 0.3 is 0 Å². The van der Waals surface area contributed by atoms with Gasteiger partial charge < -0.3 is 14.8 Å². The molecule has 0 aliphatic carbocycles. The van der Waals surface area contributed by atoms with E-state index in [-0.39, 0.29) is 6.79 Å². The number of hydrogen-bond acceptors (Lipinski definition) is 4. The summed E-state index contributed by atoms with van der Waals surface area (Å²) in [5, 5.41) is 3.80. The van der Waals surface area contributed by atoms with Crippen LogP contribution in [-0.4, -0.2) is 26.2 Å². The summed E-state index contributed by atoms with van der Waals surface area (Å²) in [5.41, 5.74) is 1.43. The summed E-state index contributed by atoms with van der Waals surface area (Å²) >= 11 is 6.15. The third-order valence-electron chi connectivity index (χ3n) is 3.51. The molecule has 0 radical (unpaired) electrons. The molecule has 0 saturated carbocycles. The average molecular weight is 268 g/mol. The molecular weight excluding hydrogens is 254 g/mol. The van der Waals surface area contributed by atoms with E-state index in [1.807, 2.05) is 6.07 Å². The first-order valence-electron chi connectivity index (χ1n) is 6.09. The molecule has 0 amide bonds. The Bertz CT molecular complexity index is 484. The Labute approximate surface area is 110 Å². The van der Waals surface area contributed by atoms with Gasteiger partial charge in [-0.1, -0.05) is 11.6 Å². The summed E-state index contributed by atoms with van der Waals surface area (Å²) in [6, 6.07) is 1.84. The van der Waals surface area contributed by atoms with Crippen molar-refractivity contribution in [1.82, 2.24) is 5.32 Å². The van der Waals surface area contributed by atoms with Crippen LogP contribution in [0.25, 0.3) is 0 Å². The lowest BCUT2D eigenvalue weighted by molar-refractivity contribution is 0.111. The van der Waals surface area contributed by atoms with Gasteiger partial charge in [0.1, 0.15) is 0 Å². The third kappa shape index (κ3) is 1.85. The Morgan fingerprint density at radius 2 is 2.22 bits per heavy atom. The van der Waals surface area contributed by atoms with Crippen molar-refractivity contribution < 1.29 is 14.3 Å². The maximum atomic E-state index is 11.0. The largest absolute Gasteiger partial charge is 0.453 e. The van der Waals surface area contributed by atoms with Crippen LogP contribution in [0.5, 0.6) is 11.5 Å². The van der Waals surface area contributed by atoms with Gasteiger partial charge in [0.15, 0.2) is 17.8 Å². The molecule has 96 valence electrons. The molecule has 2 aliphatic heterocycles. The number of hydrogen-bond donors (Lipinski definition) is 1. The number of aldehydes is 1. The van der Waals surface area contributed by atoms with Crippen LogP contribution in [0.2, 0.25) is 5.02 Å². The van der Waals surface area contributed by atoms with E-state index < -0.39 is 0 Å². The van der Waals surface area contributed by atoms with Gasteiger partial charge in [0.25, 0.3) is 0 Å². The first-order valence-corrected chi connectivity index (χ1v) is 6.47. The lowest BCUT2D eigenvalue weighted by Gasteiger charge is -2.24. The molecule has 18 heavy (non-hydrogen) atoms. The lowest BCUT2D eigenvalue weighted by Crippen LogP contribution is -2.28. The third-order valence-corrected chi connectivity index (χ3v) is 3.83. The van der Waals surface area contributed by atoms with Gasteiger partial charge in [0.2, 0.25) is 6.79 Å². The van der Waals surface area contributed by atoms with Gasteiger partial charge in [-0.15, -0.1) is 0 Å². The predicted molar refractivity (Wildman–Crippen MR) is 67.8 cm³/mol. The second-order valence-electron chi connectivity index (χ2n) is 4.59. The van der Waals surface area contributed by atoms with Crippen LogP contribution < -0.4 is 14.8 Å². The Hall–Kier alpha value is -1.26. The van der Waals surface area contributed by atoms with Gasteiger partial charge in [-0.2, -0.15) is 0 Å². The first kappa shape index (κ1) is 11.8. The van der Waals surface area contributed by atoms with Crippen LogP contribution >= 0.6 is 11.6 Å². The molecule has 5 heteroatoms. The second-order valence-corrected chi connectivity index (χ2v) is 4.99. The first-order chi connectivity index (χ1) is 8.81. The summed E-state index contributed by atoms with van der Waals surface area (Å²) in [4.78, 5) is 11.0. The molecule has 1 unspecified atom stereocenters. The topological polar surface area (TPSA) is 47.6 Å². The molecule has 1 saturated heterocycles. The molecule has 0 bridgehead atoms. The summed E-state index contributed by atoms with van der Waals surface area (Å²) < 4.78 is 10.9. The minimum Gasteiger partial charge on any atom is -0.453 e. The Kier molecular flexibility index (Phi) is 3.14. The summed E-state index contributed by atoms with van der Waals surface area (Å²) in [6.07, 6.45) is 2.95. The van der Waals surface area contributed by atoms with Crippen LogP contribution in [0, 0.1) is 0 Å². The van der Waals surface area contributed by atoms with Crippen LogP contribution in [0.15, 0.2) is 6.07 Å². The van der Waals surface area contributed by atoms with Gasteiger partial charge in [-0.3, -0.25) is 4.79 Å². The minimum atomic E-state index is 0.156. The molecule has 1 N–H and O–H groups in total. The van der Waals surface area contributed by atoms with E-state index in [9.17, 15) is 4.79 Å². The summed E-state index contributed by atoms with van der Waals surface area (Å²) in [5.74, 6) is 1.56. The van der Waals surface area contributed by atoms with Crippen molar-refractivity contribution in [3.63, 3.8) is 0 Å². The molecule has 1 aromatic rings. The number of piperidine rings is 1. The van der Waals surface area contributed by atoms with Gasteiger partial charge in [-0.05, 0) is 25.5 Å². The highest BCUT2D eigenvalue weighted by molar-refractivity contribution is 6.33. The van der Waals surface area contributed by atoms with E-state index in [1.54, 1.807) is 0 Å². The predicted octanol–water partition coefficient (Wildman–Crippen LogP) is 2.35. The zero-order valence-electron chi connectivity index (χ0n) is 9.87. The number of benzene rings is 1. The standard InChI is InChI=1S/C13H14ClNO3/c14-11-4-9(8-2-1-3-15-5-8)12-13(10(11)6-16)18-7-17-12/h4,6,8,15H,1-3,5,7H2. The van der Waals surface area contributed by atoms with Crippen molar-refractivity contribution in [3.8, 4) is 11.5 Å². The highest BCUT2D eigenvalue weighted by Crippen LogP contribution is 2.45. The zero-order chi connectivity index (χ0) is 12.5. The van der Waals surface area contributed by atoms with Crippen molar-refractivity contribution in [2.75, 3.05) is 19.9 Å². The molecule has 0 spiro atoms. The van der Waals surface area contributed by atoms with E-state index >= 15 is 0 Å². The number of carbonyl (C=O) groups excluding carboxylic acids is 1. The minimum absolute atomic E-state index is 0.156. The summed E-state index contributed by atoms with van der Waals surface area (Å²) in [7, 11) is 0. The van der Waals surface area contributed by atoms with E-state index in [0.29, 0.717) is 28.0 Å². The maximum absolute atomic E-state index is 11.0. The van der Waals surface area contributed by atoms with E-state index in [4.69, 9.17) is 21.1 Å². The van der Waals surface area contributed by atoms with Crippen molar-refractivity contribution in [3.05, 3.63) is 22.2 Å². The van der Waals surface area contributed by atoms with Crippen LogP contribution in [-0.2, 0) is 0 Å². The van der Waals surface area contributed by atoms with Crippen LogP contribution in [0.4, 0.5) is 0 Å². The monoisotopic (exact) mass is 267 g/mol. The highest BCUT2D eigenvalue weighted by atomic mass is 35.5. The molecule has 1 aromatic carbocycles. The number of fused-ring (bicyclic) bond motifs is 1.